The first kappa shape index (κ1) is 19.4. The van der Waals surface area contributed by atoms with Gasteiger partial charge in [0.1, 0.15) is 17.0 Å². The minimum atomic E-state index is -0.612. The van der Waals surface area contributed by atoms with Gasteiger partial charge in [0.15, 0.2) is 0 Å². The number of amidine groups is 1. The van der Waals surface area contributed by atoms with E-state index in [0.717, 1.165) is 16.9 Å². The fourth-order valence-electron chi connectivity index (χ4n) is 2.72. The van der Waals surface area contributed by atoms with Gasteiger partial charge in [-0.05, 0) is 57.2 Å². The number of rotatable bonds is 3. The van der Waals surface area contributed by atoms with Crippen LogP contribution in [0.15, 0.2) is 91.0 Å². The Kier molecular flexibility index (Phi) is 5.90. The molecule has 4 nitrogen and oxygen atoms in total. The van der Waals surface area contributed by atoms with Crippen molar-refractivity contribution in [2.45, 2.75) is 26.4 Å². The number of anilines is 1. The third kappa shape index (κ3) is 5.07. The third-order valence-corrected chi connectivity index (χ3v) is 3.90. The second-order valence-corrected chi connectivity index (χ2v) is 7.36. The molecule has 1 amide bonds. The summed E-state index contributed by atoms with van der Waals surface area (Å²) in [6, 6.07) is 29.0. The Morgan fingerprint density at radius 2 is 1.29 bits per heavy atom. The second kappa shape index (κ2) is 8.53. The maximum Gasteiger partial charge on any atom is 0.513 e. The van der Waals surface area contributed by atoms with Crippen molar-refractivity contribution >= 4 is 23.3 Å². The third-order valence-electron chi connectivity index (χ3n) is 3.90. The first-order valence-corrected chi connectivity index (χ1v) is 9.27. The van der Waals surface area contributed by atoms with Gasteiger partial charge in [0.05, 0.1) is 5.56 Å². The molecule has 0 atom stereocenters. The van der Waals surface area contributed by atoms with Crippen LogP contribution in [0.2, 0.25) is 0 Å². The van der Waals surface area contributed by atoms with Crippen LogP contribution in [0.25, 0.3) is 0 Å². The summed E-state index contributed by atoms with van der Waals surface area (Å²) in [5.74, 6) is 0.632. The molecule has 0 aliphatic heterocycles. The van der Waals surface area contributed by atoms with E-state index < -0.39 is 11.7 Å². The van der Waals surface area contributed by atoms with Crippen molar-refractivity contribution in [3.8, 4) is 0 Å². The Labute approximate surface area is 166 Å². The number of nitrogens with one attached hydrogen (secondary N) is 1. The van der Waals surface area contributed by atoms with Gasteiger partial charge in [0.2, 0.25) is 0 Å². The molecule has 142 valence electrons. The van der Waals surface area contributed by atoms with Gasteiger partial charge in [-0.1, -0.05) is 54.6 Å². The summed E-state index contributed by atoms with van der Waals surface area (Å²) < 4.78 is 5.72. The molecular weight excluding hydrogens is 348 g/mol. The first-order valence-electron chi connectivity index (χ1n) is 9.27. The predicted molar refractivity (Wildman–Crippen MR) is 113 cm³/mol. The average Bonchev–Trinajstić information content (AvgIpc) is 2.68. The monoisotopic (exact) mass is 373 g/mol. The molecule has 1 N–H and O–H groups in total. The van der Waals surface area contributed by atoms with E-state index in [2.05, 4.69) is 4.99 Å². The molecule has 0 spiro atoms. The van der Waals surface area contributed by atoms with Crippen molar-refractivity contribution < 1.29 is 14.5 Å². The van der Waals surface area contributed by atoms with Crippen LogP contribution >= 0.6 is 0 Å². The van der Waals surface area contributed by atoms with Gasteiger partial charge in [-0.2, -0.15) is 4.79 Å². The van der Waals surface area contributed by atoms with E-state index in [4.69, 9.17) is 4.74 Å². The average molecular weight is 373 g/mol. The summed E-state index contributed by atoms with van der Waals surface area (Å²) in [5.41, 5.74) is 1.87. The van der Waals surface area contributed by atoms with Gasteiger partial charge in [0, 0.05) is 0 Å². The topological polar surface area (TPSA) is 43.5 Å². The lowest BCUT2D eigenvalue weighted by Crippen LogP contribution is -2.72. The van der Waals surface area contributed by atoms with Gasteiger partial charge in [-0.25, -0.2) is 4.99 Å². The molecule has 3 aromatic carbocycles. The second-order valence-electron chi connectivity index (χ2n) is 7.36. The van der Waals surface area contributed by atoms with Gasteiger partial charge in [0.25, 0.3) is 5.84 Å². The predicted octanol–water partition coefficient (Wildman–Crippen LogP) is 4.29. The number of carbonyl (C=O) groups is 1. The van der Waals surface area contributed by atoms with Gasteiger partial charge >= 0.3 is 6.09 Å². The Morgan fingerprint density at radius 1 is 0.786 bits per heavy atom. The lowest BCUT2D eigenvalue weighted by molar-refractivity contribution is -0.354. The number of para-hydroxylation sites is 2. The maximum atomic E-state index is 13.2. The van der Waals surface area contributed by atoms with Crippen LogP contribution in [-0.4, -0.2) is 17.5 Å². The molecule has 0 bridgehead atoms. The Balaban J connectivity index is 2.16. The zero-order valence-electron chi connectivity index (χ0n) is 16.4. The largest absolute Gasteiger partial charge is 0.513 e. The van der Waals surface area contributed by atoms with Crippen LogP contribution in [0, 0.1) is 0 Å². The van der Waals surface area contributed by atoms with E-state index in [-0.39, 0.29) is 0 Å². The minimum Gasteiger partial charge on any atom is -0.425 e. The molecule has 0 saturated carbocycles. The Bertz CT molecular complexity index is 931. The summed E-state index contributed by atoms with van der Waals surface area (Å²) in [6.07, 6.45) is -0.444. The SMILES string of the molecule is CC(C)(C)OC(=O)N(C(=[NH+]c1ccccc1)c1ccccc1)c1ccccc1. The molecule has 0 heterocycles. The molecule has 3 rings (SSSR count). The van der Waals surface area contributed by atoms with Crippen LogP contribution < -0.4 is 9.89 Å². The first-order chi connectivity index (χ1) is 13.4. The Morgan fingerprint density at radius 3 is 1.82 bits per heavy atom. The molecule has 0 radical (unpaired) electrons. The van der Waals surface area contributed by atoms with Crippen LogP contribution in [0.1, 0.15) is 26.3 Å². The van der Waals surface area contributed by atoms with Crippen LogP contribution in [0.3, 0.4) is 0 Å². The number of hydrogen-bond donors (Lipinski definition) is 1. The molecule has 3 aromatic rings. The number of carbonyl (C=O) groups excluding carboxylic acids is 1. The van der Waals surface area contributed by atoms with E-state index in [1.165, 1.54) is 0 Å². The quantitative estimate of drug-likeness (QED) is 0.550. The summed E-state index contributed by atoms with van der Waals surface area (Å²) in [4.78, 5) is 18.2. The lowest BCUT2D eigenvalue weighted by Gasteiger charge is -2.23. The summed E-state index contributed by atoms with van der Waals surface area (Å²) in [6.45, 7) is 5.59. The fraction of sp³-hybridized carbons (Fsp3) is 0.167. The highest BCUT2D eigenvalue weighted by Crippen LogP contribution is 2.20. The van der Waals surface area contributed by atoms with Gasteiger partial charge < -0.3 is 4.74 Å². The van der Waals surface area contributed by atoms with Crippen molar-refractivity contribution in [1.29, 1.82) is 0 Å². The molecule has 0 aromatic heterocycles. The maximum absolute atomic E-state index is 13.2. The highest BCUT2D eigenvalue weighted by Gasteiger charge is 2.35. The molecule has 0 fully saturated rings. The van der Waals surface area contributed by atoms with E-state index in [0.29, 0.717) is 5.84 Å². The highest BCUT2D eigenvalue weighted by molar-refractivity contribution is 6.19. The van der Waals surface area contributed by atoms with Crippen molar-refractivity contribution in [1.82, 2.24) is 0 Å². The van der Waals surface area contributed by atoms with Crippen LogP contribution in [0.4, 0.5) is 16.2 Å². The molecule has 28 heavy (non-hydrogen) atoms. The summed E-state index contributed by atoms with van der Waals surface area (Å²) in [7, 11) is 0. The number of nitrogens with zero attached hydrogens (tertiary/aromatic N) is 1. The summed E-state index contributed by atoms with van der Waals surface area (Å²) in [5, 5.41) is 0. The van der Waals surface area contributed by atoms with Gasteiger partial charge in [-0.15, -0.1) is 4.90 Å². The fourth-order valence-corrected chi connectivity index (χ4v) is 2.72. The minimum absolute atomic E-state index is 0.444. The van der Waals surface area contributed by atoms with Crippen molar-refractivity contribution in [3.63, 3.8) is 0 Å². The van der Waals surface area contributed by atoms with E-state index in [1.807, 2.05) is 112 Å². The smallest absolute Gasteiger partial charge is 0.425 e. The molecule has 0 unspecified atom stereocenters. The zero-order chi connectivity index (χ0) is 20.0. The van der Waals surface area contributed by atoms with Crippen LogP contribution in [-0.2, 0) is 4.74 Å². The normalized spacial score (nSPS) is 11.8. The molecule has 4 heteroatoms. The molecule has 0 saturated heterocycles. The summed E-state index contributed by atoms with van der Waals surface area (Å²) >= 11 is 0. The number of hydrogen-bond acceptors (Lipinski definition) is 2. The van der Waals surface area contributed by atoms with E-state index >= 15 is 0 Å². The Hall–Kier alpha value is -3.40. The molecule has 0 aliphatic rings. The van der Waals surface area contributed by atoms with Crippen molar-refractivity contribution in [2.75, 3.05) is 4.90 Å². The number of amides is 1. The molecular formula is C24H25N2O2+. The van der Waals surface area contributed by atoms with Crippen LogP contribution in [0.5, 0.6) is 0 Å². The van der Waals surface area contributed by atoms with Crippen molar-refractivity contribution in [3.05, 3.63) is 96.6 Å². The lowest BCUT2D eigenvalue weighted by atomic mass is 10.1. The van der Waals surface area contributed by atoms with E-state index in [1.54, 1.807) is 4.90 Å². The standard InChI is InChI=1S/C24H24N2O2/c1-24(2,3)28-23(27)26(21-17-11-6-12-18-21)22(19-13-7-4-8-14-19)25-20-15-9-5-10-16-20/h4-18H,1-3H3/p+1. The number of ether oxygens (including phenoxy) is 1. The number of benzene rings is 3. The highest BCUT2D eigenvalue weighted by atomic mass is 16.6. The molecule has 0 aliphatic carbocycles. The zero-order valence-corrected chi connectivity index (χ0v) is 16.4. The van der Waals surface area contributed by atoms with Crippen molar-refractivity contribution in [2.24, 2.45) is 0 Å². The van der Waals surface area contributed by atoms with Gasteiger partial charge in [-0.3, -0.25) is 0 Å². The van der Waals surface area contributed by atoms with E-state index in [9.17, 15) is 4.79 Å².